The number of morpholine rings is 1. The summed E-state index contributed by atoms with van der Waals surface area (Å²) in [5.74, 6) is -1.28. The van der Waals surface area contributed by atoms with Crippen molar-refractivity contribution in [1.29, 1.82) is 0 Å². The van der Waals surface area contributed by atoms with Crippen LogP contribution in [0.15, 0.2) is 17.6 Å². The van der Waals surface area contributed by atoms with Crippen LogP contribution in [0.25, 0.3) is 11.3 Å². The first-order chi connectivity index (χ1) is 10.5. The zero-order valence-corrected chi connectivity index (χ0v) is 12.7. The third kappa shape index (κ3) is 2.88. The van der Waals surface area contributed by atoms with Crippen LogP contribution in [0.3, 0.4) is 0 Å². The van der Waals surface area contributed by atoms with Crippen molar-refractivity contribution in [2.75, 3.05) is 19.7 Å². The second-order valence-corrected chi connectivity index (χ2v) is 6.06. The molecule has 2 aromatic heterocycles. The Morgan fingerprint density at radius 2 is 2.36 bits per heavy atom. The molecule has 1 aliphatic rings. The van der Waals surface area contributed by atoms with Gasteiger partial charge in [-0.3, -0.25) is 4.79 Å². The van der Waals surface area contributed by atoms with Gasteiger partial charge < -0.3 is 19.7 Å². The number of aliphatic carboxylic acids is 1. The van der Waals surface area contributed by atoms with Gasteiger partial charge in [-0.1, -0.05) is 0 Å². The fourth-order valence-electron chi connectivity index (χ4n) is 2.32. The molecule has 0 aromatic carbocycles. The van der Waals surface area contributed by atoms with Crippen LogP contribution in [0.1, 0.15) is 15.5 Å². The highest BCUT2D eigenvalue weighted by molar-refractivity contribution is 7.09. The van der Waals surface area contributed by atoms with E-state index in [0.717, 1.165) is 16.3 Å². The number of aryl methyl sites for hydroxylation is 1. The van der Waals surface area contributed by atoms with Crippen LogP contribution < -0.4 is 0 Å². The topological polar surface area (TPSA) is 95.5 Å². The maximum absolute atomic E-state index is 12.4. The Morgan fingerprint density at radius 3 is 3.05 bits per heavy atom. The summed E-state index contributed by atoms with van der Waals surface area (Å²) in [6.07, 6.45) is 0.768. The number of H-pyrrole nitrogens is 1. The van der Waals surface area contributed by atoms with Gasteiger partial charge in [0.15, 0.2) is 6.10 Å². The molecular weight excluding hydrogens is 306 g/mol. The summed E-state index contributed by atoms with van der Waals surface area (Å²) in [5.41, 5.74) is 2.09. The van der Waals surface area contributed by atoms with Gasteiger partial charge in [0, 0.05) is 23.7 Å². The Hall–Kier alpha value is -2.19. The van der Waals surface area contributed by atoms with Crippen molar-refractivity contribution in [3.63, 3.8) is 0 Å². The summed E-state index contributed by atoms with van der Waals surface area (Å²) in [7, 11) is 0. The number of carbonyl (C=O) groups excluding carboxylic acids is 1. The molecule has 22 heavy (non-hydrogen) atoms. The van der Waals surface area contributed by atoms with E-state index < -0.39 is 12.1 Å². The minimum atomic E-state index is -1.05. The monoisotopic (exact) mass is 321 g/mol. The molecule has 0 unspecified atom stereocenters. The van der Waals surface area contributed by atoms with Crippen LogP contribution in [0, 0.1) is 6.92 Å². The van der Waals surface area contributed by atoms with E-state index in [0.29, 0.717) is 12.2 Å². The van der Waals surface area contributed by atoms with Gasteiger partial charge in [-0.05, 0) is 13.0 Å². The Kier molecular flexibility index (Phi) is 3.95. The number of ether oxygens (including phenoxy) is 1. The van der Waals surface area contributed by atoms with E-state index in [2.05, 4.69) is 9.97 Å². The number of nitrogens with one attached hydrogen (secondary N) is 1. The van der Waals surface area contributed by atoms with E-state index >= 15 is 0 Å². The SMILES string of the molecule is Cc1nc(-c2c[nH]c(C(=O)N3CCO[C@H](C(=O)O)C3)c2)cs1. The van der Waals surface area contributed by atoms with Crippen molar-refractivity contribution < 1.29 is 19.4 Å². The zero-order valence-electron chi connectivity index (χ0n) is 11.9. The number of carbonyl (C=O) groups is 2. The van der Waals surface area contributed by atoms with Crippen LogP contribution in [0.2, 0.25) is 0 Å². The first kappa shape index (κ1) is 14.7. The molecule has 1 aliphatic heterocycles. The van der Waals surface area contributed by atoms with E-state index in [9.17, 15) is 9.59 Å². The molecule has 3 rings (SSSR count). The summed E-state index contributed by atoms with van der Waals surface area (Å²) >= 11 is 1.55. The Morgan fingerprint density at radius 1 is 1.55 bits per heavy atom. The van der Waals surface area contributed by atoms with Gasteiger partial charge in [-0.2, -0.15) is 0 Å². The molecule has 1 amide bonds. The van der Waals surface area contributed by atoms with Crippen molar-refractivity contribution >= 4 is 23.2 Å². The molecular formula is C14H15N3O4S. The number of rotatable bonds is 3. The van der Waals surface area contributed by atoms with Gasteiger partial charge in [-0.25, -0.2) is 9.78 Å². The Labute approximate surface area is 130 Å². The summed E-state index contributed by atoms with van der Waals surface area (Å²) in [6.45, 7) is 2.58. The second-order valence-electron chi connectivity index (χ2n) is 5.00. The third-order valence-electron chi connectivity index (χ3n) is 3.46. The molecule has 1 atom stereocenters. The average molecular weight is 321 g/mol. The normalized spacial score (nSPS) is 18.4. The van der Waals surface area contributed by atoms with Crippen LogP contribution >= 0.6 is 11.3 Å². The van der Waals surface area contributed by atoms with Crippen LogP contribution in [-0.2, 0) is 9.53 Å². The number of hydrogen-bond acceptors (Lipinski definition) is 5. The van der Waals surface area contributed by atoms with E-state index in [4.69, 9.17) is 9.84 Å². The number of carboxylic acid groups (broad SMARTS) is 1. The lowest BCUT2D eigenvalue weighted by Crippen LogP contribution is -2.48. The summed E-state index contributed by atoms with van der Waals surface area (Å²) in [4.78, 5) is 32.2. The fraction of sp³-hybridized carbons (Fsp3) is 0.357. The van der Waals surface area contributed by atoms with Gasteiger partial charge >= 0.3 is 5.97 Å². The molecule has 0 saturated carbocycles. The molecule has 1 fully saturated rings. The summed E-state index contributed by atoms with van der Waals surface area (Å²) in [5, 5.41) is 11.9. The van der Waals surface area contributed by atoms with Crippen molar-refractivity contribution in [2.45, 2.75) is 13.0 Å². The van der Waals surface area contributed by atoms with E-state index in [1.54, 1.807) is 23.6 Å². The number of carboxylic acids is 1. The Balaban J connectivity index is 1.75. The molecule has 3 heterocycles. The smallest absolute Gasteiger partial charge is 0.334 e. The van der Waals surface area contributed by atoms with Crippen LogP contribution in [-0.4, -0.2) is 57.7 Å². The minimum absolute atomic E-state index is 0.0539. The highest BCUT2D eigenvalue weighted by Crippen LogP contribution is 2.23. The second kappa shape index (κ2) is 5.90. The van der Waals surface area contributed by atoms with E-state index in [1.165, 1.54) is 4.90 Å². The highest BCUT2D eigenvalue weighted by Gasteiger charge is 2.30. The average Bonchev–Trinajstić information content (AvgIpc) is 3.15. The van der Waals surface area contributed by atoms with Crippen molar-refractivity contribution in [1.82, 2.24) is 14.9 Å². The van der Waals surface area contributed by atoms with E-state index in [1.807, 2.05) is 12.3 Å². The molecule has 0 bridgehead atoms. The predicted molar refractivity (Wildman–Crippen MR) is 79.9 cm³/mol. The van der Waals surface area contributed by atoms with Gasteiger partial charge in [0.2, 0.25) is 0 Å². The van der Waals surface area contributed by atoms with Gasteiger partial charge in [-0.15, -0.1) is 11.3 Å². The van der Waals surface area contributed by atoms with Gasteiger partial charge in [0.1, 0.15) is 5.69 Å². The largest absolute Gasteiger partial charge is 0.479 e. The maximum atomic E-state index is 12.4. The molecule has 0 aliphatic carbocycles. The van der Waals surface area contributed by atoms with E-state index in [-0.39, 0.29) is 19.1 Å². The standard InChI is InChI=1S/C14H15N3O4S/c1-8-16-11(7-22-8)9-4-10(15-5-9)13(18)17-2-3-21-12(6-17)14(19)20/h4-5,7,12,15H,2-3,6H2,1H3,(H,19,20)/t12-/m0/s1. The minimum Gasteiger partial charge on any atom is -0.479 e. The number of aromatic amines is 1. The molecule has 2 aromatic rings. The van der Waals surface area contributed by atoms with Crippen LogP contribution in [0.5, 0.6) is 0 Å². The summed E-state index contributed by atoms with van der Waals surface area (Å²) in [6, 6.07) is 1.74. The predicted octanol–water partition coefficient (Wildman–Crippen LogP) is 1.37. The van der Waals surface area contributed by atoms with Crippen LogP contribution in [0.4, 0.5) is 0 Å². The number of hydrogen-bond donors (Lipinski definition) is 2. The van der Waals surface area contributed by atoms with Crippen molar-refractivity contribution in [2.24, 2.45) is 0 Å². The molecule has 2 N–H and O–H groups in total. The fourth-order valence-corrected chi connectivity index (χ4v) is 2.94. The van der Waals surface area contributed by atoms with Gasteiger partial charge in [0.25, 0.3) is 5.91 Å². The molecule has 8 heteroatoms. The first-order valence-corrected chi connectivity index (χ1v) is 7.67. The molecule has 116 valence electrons. The van der Waals surface area contributed by atoms with Gasteiger partial charge in [0.05, 0.1) is 23.9 Å². The number of amides is 1. The van der Waals surface area contributed by atoms with Crippen molar-refractivity contribution in [3.05, 3.63) is 28.3 Å². The summed E-state index contributed by atoms with van der Waals surface area (Å²) < 4.78 is 5.12. The lowest BCUT2D eigenvalue weighted by Gasteiger charge is -2.30. The highest BCUT2D eigenvalue weighted by atomic mass is 32.1. The molecule has 0 radical (unpaired) electrons. The molecule has 0 spiro atoms. The zero-order chi connectivity index (χ0) is 15.7. The molecule has 7 nitrogen and oxygen atoms in total. The third-order valence-corrected chi connectivity index (χ3v) is 4.23. The lowest BCUT2D eigenvalue weighted by molar-refractivity contribution is -0.154. The first-order valence-electron chi connectivity index (χ1n) is 6.79. The number of aromatic nitrogens is 2. The lowest BCUT2D eigenvalue weighted by atomic mass is 10.2. The molecule has 1 saturated heterocycles. The Bertz CT molecular complexity index is 709. The van der Waals surface area contributed by atoms with Crippen molar-refractivity contribution in [3.8, 4) is 11.3 Å². The maximum Gasteiger partial charge on any atom is 0.334 e. The number of nitrogens with zero attached hydrogens (tertiary/aromatic N) is 2. The number of thiazole rings is 1. The quantitative estimate of drug-likeness (QED) is 0.890.